The van der Waals surface area contributed by atoms with E-state index in [9.17, 15) is 0 Å². The van der Waals surface area contributed by atoms with Crippen LogP contribution in [0.15, 0.2) is 24.3 Å². The van der Waals surface area contributed by atoms with Gasteiger partial charge in [-0.3, -0.25) is 4.90 Å². The highest BCUT2D eigenvalue weighted by Crippen LogP contribution is 2.35. The van der Waals surface area contributed by atoms with Crippen LogP contribution in [0.3, 0.4) is 0 Å². The largest absolute Gasteiger partial charge is 0.297 e. The zero-order valence-electron chi connectivity index (χ0n) is 16.5. The molecule has 7 heteroatoms. The fourth-order valence-electron chi connectivity index (χ4n) is 2.55. The third kappa shape index (κ3) is 4.45. The Balaban J connectivity index is 2.48. The van der Waals surface area contributed by atoms with E-state index < -0.39 is 0 Å². The van der Waals surface area contributed by atoms with Crippen LogP contribution in [0.1, 0.15) is 52.0 Å². The van der Waals surface area contributed by atoms with Crippen LogP contribution in [0.4, 0.5) is 0 Å². The normalized spacial score (nSPS) is 14.4. The van der Waals surface area contributed by atoms with Gasteiger partial charge in [0, 0.05) is 10.0 Å². The van der Waals surface area contributed by atoms with Crippen molar-refractivity contribution in [2.24, 2.45) is 5.41 Å². The van der Waals surface area contributed by atoms with Crippen LogP contribution in [0, 0.1) is 5.41 Å². The SMILES string of the molecule is CN(C)C(C)(C)c1nnnn1C(C=Cc1ccc(Cl)cc1Cl)C(C)(C)C. The molecule has 2 rings (SSSR count). The quantitative estimate of drug-likeness (QED) is 0.707. The Hall–Kier alpha value is -1.43. The Morgan fingerprint density at radius 3 is 2.31 bits per heavy atom. The zero-order valence-corrected chi connectivity index (χ0v) is 18.0. The second-order valence-corrected chi connectivity index (χ2v) is 9.08. The Bertz CT molecular complexity index is 787. The first-order valence-corrected chi connectivity index (χ1v) is 9.29. The number of rotatable bonds is 5. The number of halogens is 2. The fourth-order valence-corrected chi connectivity index (χ4v) is 3.02. The van der Waals surface area contributed by atoms with Gasteiger partial charge in [0.05, 0.1) is 11.6 Å². The van der Waals surface area contributed by atoms with Crippen LogP contribution in [0.2, 0.25) is 10.0 Å². The van der Waals surface area contributed by atoms with Crippen molar-refractivity contribution in [3.63, 3.8) is 0 Å². The highest BCUT2D eigenvalue weighted by Gasteiger charge is 2.35. The van der Waals surface area contributed by atoms with Crippen molar-refractivity contribution in [2.45, 2.75) is 46.2 Å². The second kappa shape index (κ2) is 7.67. The second-order valence-electron chi connectivity index (χ2n) is 8.24. The number of hydrogen-bond acceptors (Lipinski definition) is 4. The molecule has 0 radical (unpaired) electrons. The maximum absolute atomic E-state index is 6.31. The Morgan fingerprint density at radius 2 is 1.77 bits per heavy atom. The maximum Gasteiger partial charge on any atom is 0.171 e. The molecule has 1 heterocycles. The summed E-state index contributed by atoms with van der Waals surface area (Å²) in [4.78, 5) is 2.11. The van der Waals surface area contributed by atoms with Gasteiger partial charge in [0.1, 0.15) is 0 Å². The first-order chi connectivity index (χ1) is 11.9. The first kappa shape index (κ1) is 20.9. The third-order valence-electron chi connectivity index (χ3n) is 4.73. The molecule has 1 aromatic heterocycles. The summed E-state index contributed by atoms with van der Waals surface area (Å²) in [6.07, 6.45) is 4.10. The third-order valence-corrected chi connectivity index (χ3v) is 5.29. The van der Waals surface area contributed by atoms with Gasteiger partial charge in [-0.1, -0.05) is 62.2 Å². The average molecular weight is 396 g/mol. The summed E-state index contributed by atoms with van der Waals surface area (Å²) in [5.41, 5.74) is 0.507. The molecule has 5 nitrogen and oxygen atoms in total. The number of hydrogen-bond donors (Lipinski definition) is 0. The van der Waals surface area contributed by atoms with E-state index in [0.29, 0.717) is 10.0 Å². The number of nitrogens with zero attached hydrogens (tertiary/aromatic N) is 5. The monoisotopic (exact) mass is 395 g/mol. The van der Waals surface area contributed by atoms with E-state index in [0.717, 1.165) is 11.4 Å². The lowest BCUT2D eigenvalue weighted by molar-refractivity contribution is 0.163. The van der Waals surface area contributed by atoms with Crippen LogP contribution in [-0.4, -0.2) is 39.2 Å². The summed E-state index contributed by atoms with van der Waals surface area (Å²) < 4.78 is 1.90. The van der Waals surface area contributed by atoms with Gasteiger partial charge in [-0.15, -0.1) is 5.10 Å². The molecule has 2 aromatic rings. The van der Waals surface area contributed by atoms with E-state index in [1.54, 1.807) is 6.07 Å². The van der Waals surface area contributed by atoms with Crippen LogP contribution in [-0.2, 0) is 5.54 Å². The van der Waals surface area contributed by atoms with Crippen molar-refractivity contribution in [2.75, 3.05) is 14.1 Å². The first-order valence-electron chi connectivity index (χ1n) is 8.53. The molecular weight excluding hydrogens is 369 g/mol. The fraction of sp³-hybridized carbons (Fsp3) is 0.526. The zero-order chi connectivity index (χ0) is 19.7. The molecule has 0 saturated heterocycles. The minimum absolute atomic E-state index is 0.0431. The highest BCUT2D eigenvalue weighted by molar-refractivity contribution is 6.35. The smallest absolute Gasteiger partial charge is 0.171 e. The van der Waals surface area contributed by atoms with Gasteiger partial charge in [0.25, 0.3) is 0 Å². The van der Waals surface area contributed by atoms with Gasteiger partial charge in [0.15, 0.2) is 5.82 Å². The molecule has 1 aromatic carbocycles. The van der Waals surface area contributed by atoms with E-state index >= 15 is 0 Å². The lowest BCUT2D eigenvalue weighted by Crippen LogP contribution is -2.40. The number of tetrazole rings is 1. The van der Waals surface area contributed by atoms with Crippen molar-refractivity contribution in [1.82, 2.24) is 25.1 Å². The van der Waals surface area contributed by atoms with E-state index in [2.05, 4.69) is 61.1 Å². The molecule has 0 fully saturated rings. The topological polar surface area (TPSA) is 46.8 Å². The molecular formula is C19H27Cl2N5. The minimum atomic E-state index is -0.307. The molecule has 142 valence electrons. The lowest BCUT2D eigenvalue weighted by Gasteiger charge is -2.35. The lowest BCUT2D eigenvalue weighted by atomic mass is 9.85. The average Bonchev–Trinajstić information content (AvgIpc) is 2.97. The molecule has 0 amide bonds. The minimum Gasteiger partial charge on any atom is -0.297 e. The summed E-state index contributed by atoms with van der Waals surface area (Å²) >= 11 is 12.3. The van der Waals surface area contributed by atoms with Crippen LogP contribution in [0.5, 0.6) is 0 Å². The van der Waals surface area contributed by atoms with Gasteiger partial charge in [-0.25, -0.2) is 4.68 Å². The summed E-state index contributed by atoms with van der Waals surface area (Å²) in [6, 6.07) is 5.44. The van der Waals surface area contributed by atoms with E-state index in [-0.39, 0.29) is 17.0 Å². The molecule has 26 heavy (non-hydrogen) atoms. The van der Waals surface area contributed by atoms with Crippen molar-refractivity contribution >= 4 is 29.3 Å². The predicted octanol–water partition coefficient (Wildman–Crippen LogP) is 5.08. The molecule has 0 aliphatic rings. The molecule has 0 bridgehead atoms. The predicted molar refractivity (Wildman–Crippen MR) is 109 cm³/mol. The van der Waals surface area contributed by atoms with Crippen molar-refractivity contribution < 1.29 is 0 Å². The van der Waals surface area contributed by atoms with Crippen molar-refractivity contribution in [3.8, 4) is 0 Å². The Labute approximate surface area is 166 Å². The Morgan fingerprint density at radius 1 is 1.12 bits per heavy atom. The summed E-state index contributed by atoms with van der Waals surface area (Å²) in [6.45, 7) is 10.7. The molecule has 0 aliphatic carbocycles. The number of aromatic nitrogens is 4. The molecule has 0 saturated carbocycles. The number of allylic oxidation sites excluding steroid dienone is 1. The van der Waals surface area contributed by atoms with E-state index in [4.69, 9.17) is 23.2 Å². The van der Waals surface area contributed by atoms with E-state index in [1.165, 1.54) is 0 Å². The summed E-state index contributed by atoms with van der Waals surface area (Å²) in [5.74, 6) is 0.814. The maximum atomic E-state index is 6.31. The molecule has 1 atom stereocenters. The van der Waals surface area contributed by atoms with Gasteiger partial charge in [-0.05, 0) is 61.5 Å². The number of benzene rings is 1. The van der Waals surface area contributed by atoms with Crippen LogP contribution in [0.25, 0.3) is 6.08 Å². The Kier molecular flexibility index (Phi) is 6.16. The molecule has 0 aliphatic heterocycles. The van der Waals surface area contributed by atoms with Crippen molar-refractivity contribution in [1.29, 1.82) is 0 Å². The summed E-state index contributed by atoms with van der Waals surface area (Å²) in [5, 5.41) is 13.8. The van der Waals surface area contributed by atoms with E-state index in [1.807, 2.05) is 37.0 Å². The van der Waals surface area contributed by atoms with Crippen LogP contribution < -0.4 is 0 Å². The van der Waals surface area contributed by atoms with Gasteiger partial charge < -0.3 is 0 Å². The molecule has 1 unspecified atom stereocenters. The van der Waals surface area contributed by atoms with Gasteiger partial charge >= 0.3 is 0 Å². The van der Waals surface area contributed by atoms with Gasteiger partial charge in [-0.2, -0.15) is 0 Å². The molecule has 0 N–H and O–H groups in total. The highest BCUT2D eigenvalue weighted by atomic mass is 35.5. The van der Waals surface area contributed by atoms with Gasteiger partial charge in [0.2, 0.25) is 0 Å². The molecule has 0 spiro atoms. The standard InChI is InChI=1S/C19H27Cl2N5/c1-18(2,3)16(11-9-13-8-10-14(20)12-15(13)21)26-17(22-23-24-26)19(4,5)25(6)7/h8-12,16H,1-7H3. The van der Waals surface area contributed by atoms with Crippen LogP contribution >= 0.6 is 23.2 Å². The summed E-state index contributed by atoms with van der Waals surface area (Å²) in [7, 11) is 4.04. The van der Waals surface area contributed by atoms with Crippen molar-refractivity contribution in [3.05, 3.63) is 45.7 Å².